The fraction of sp³-hybridized carbons (Fsp3) is 0.300. The lowest BCUT2D eigenvalue weighted by Crippen LogP contribution is -2.04. The molecular formula is C10H14O3. The molecule has 0 aliphatic rings. The monoisotopic (exact) mass is 182 g/mol. The largest absolute Gasteiger partial charge is 0.497 e. The third-order valence-corrected chi connectivity index (χ3v) is 1.07. The van der Waals surface area contributed by atoms with Crippen molar-refractivity contribution in [3.8, 4) is 0 Å². The van der Waals surface area contributed by atoms with Crippen molar-refractivity contribution in [1.82, 2.24) is 0 Å². The zero-order valence-corrected chi connectivity index (χ0v) is 7.79. The molecule has 0 radical (unpaired) electrons. The van der Waals surface area contributed by atoms with E-state index in [1.807, 2.05) is 0 Å². The van der Waals surface area contributed by atoms with Gasteiger partial charge in [0.2, 0.25) is 0 Å². The molecule has 0 atom stereocenters. The molecule has 0 aromatic carbocycles. The van der Waals surface area contributed by atoms with Gasteiger partial charge in [-0.25, -0.2) is 4.79 Å². The predicted molar refractivity (Wildman–Crippen MR) is 51.1 cm³/mol. The molecule has 0 saturated heterocycles. The van der Waals surface area contributed by atoms with Gasteiger partial charge < -0.3 is 9.47 Å². The maximum Gasteiger partial charge on any atom is 0.333 e. The van der Waals surface area contributed by atoms with E-state index in [-0.39, 0.29) is 6.61 Å². The number of hydrogen-bond acceptors (Lipinski definition) is 3. The molecular weight excluding hydrogens is 168 g/mol. The highest BCUT2D eigenvalue weighted by molar-refractivity contribution is 5.86. The van der Waals surface area contributed by atoms with E-state index in [1.54, 1.807) is 19.1 Å². The standard InChI is InChI=1S/C10H14O3/c1-4-6-12-7-5-8-13-10(11)9(2)3/h4-5,7H,1-2,6,8H2,3H3. The molecule has 0 saturated carbocycles. The van der Waals surface area contributed by atoms with Crippen LogP contribution < -0.4 is 0 Å². The van der Waals surface area contributed by atoms with Crippen molar-refractivity contribution < 1.29 is 14.3 Å². The van der Waals surface area contributed by atoms with Crippen LogP contribution in [0.1, 0.15) is 6.92 Å². The first-order valence-electron chi connectivity index (χ1n) is 3.88. The van der Waals surface area contributed by atoms with Crippen molar-refractivity contribution in [2.24, 2.45) is 0 Å². The van der Waals surface area contributed by atoms with Crippen molar-refractivity contribution in [2.75, 3.05) is 13.2 Å². The minimum absolute atomic E-state index is 0.197. The lowest BCUT2D eigenvalue weighted by Gasteiger charge is -1.99. The molecule has 0 rings (SSSR count). The average Bonchev–Trinajstić information content (AvgIpc) is 2.10. The SMILES string of the molecule is C=CCOC=CCOC(=O)C(=C)C. The Labute approximate surface area is 78.3 Å². The number of carbonyl (C=O) groups is 1. The molecule has 0 heterocycles. The second-order valence-electron chi connectivity index (χ2n) is 2.37. The van der Waals surface area contributed by atoms with E-state index in [2.05, 4.69) is 13.2 Å². The van der Waals surface area contributed by atoms with Gasteiger partial charge in [-0.3, -0.25) is 0 Å². The van der Waals surface area contributed by atoms with Crippen LogP contribution in [0, 0.1) is 0 Å². The molecule has 0 spiro atoms. The van der Waals surface area contributed by atoms with Gasteiger partial charge in [0.25, 0.3) is 0 Å². The van der Waals surface area contributed by atoms with Crippen molar-refractivity contribution >= 4 is 5.97 Å². The maximum atomic E-state index is 10.8. The molecule has 0 aromatic heterocycles. The summed E-state index contributed by atoms with van der Waals surface area (Å²) in [6.45, 7) is 9.16. The predicted octanol–water partition coefficient (Wildman–Crippen LogP) is 1.82. The highest BCUT2D eigenvalue weighted by Crippen LogP contribution is 1.91. The lowest BCUT2D eigenvalue weighted by atomic mass is 10.4. The Balaban J connectivity index is 3.44. The van der Waals surface area contributed by atoms with E-state index in [0.29, 0.717) is 12.2 Å². The molecule has 0 N–H and O–H groups in total. The van der Waals surface area contributed by atoms with Crippen LogP contribution in [0.15, 0.2) is 37.1 Å². The first kappa shape index (κ1) is 11.5. The molecule has 72 valence electrons. The third kappa shape index (κ3) is 6.87. The van der Waals surface area contributed by atoms with Crippen LogP contribution >= 0.6 is 0 Å². The van der Waals surface area contributed by atoms with Gasteiger partial charge in [-0.2, -0.15) is 0 Å². The fourth-order valence-corrected chi connectivity index (χ4v) is 0.478. The summed E-state index contributed by atoms with van der Waals surface area (Å²) in [6.07, 6.45) is 4.70. The number of carbonyl (C=O) groups excluding carboxylic acids is 1. The zero-order valence-electron chi connectivity index (χ0n) is 7.79. The Kier molecular flexibility index (Phi) is 6.32. The molecule has 0 fully saturated rings. The summed E-state index contributed by atoms with van der Waals surface area (Å²) in [5.41, 5.74) is 0.389. The van der Waals surface area contributed by atoms with Crippen LogP contribution in [-0.4, -0.2) is 19.2 Å². The number of esters is 1. The van der Waals surface area contributed by atoms with E-state index in [1.165, 1.54) is 6.26 Å². The fourth-order valence-electron chi connectivity index (χ4n) is 0.478. The van der Waals surface area contributed by atoms with E-state index < -0.39 is 5.97 Å². The van der Waals surface area contributed by atoms with E-state index in [4.69, 9.17) is 9.47 Å². The van der Waals surface area contributed by atoms with Gasteiger partial charge in [-0.05, 0) is 13.0 Å². The van der Waals surface area contributed by atoms with Gasteiger partial charge in [0.05, 0.1) is 6.26 Å². The van der Waals surface area contributed by atoms with Gasteiger partial charge in [0.1, 0.15) is 13.2 Å². The topological polar surface area (TPSA) is 35.5 Å². The number of rotatable bonds is 6. The highest BCUT2D eigenvalue weighted by Gasteiger charge is 1.99. The van der Waals surface area contributed by atoms with Gasteiger partial charge in [-0.15, -0.1) is 0 Å². The third-order valence-electron chi connectivity index (χ3n) is 1.07. The van der Waals surface area contributed by atoms with Crippen molar-refractivity contribution in [3.05, 3.63) is 37.1 Å². The molecule has 13 heavy (non-hydrogen) atoms. The summed E-state index contributed by atoms with van der Waals surface area (Å²) in [4.78, 5) is 10.8. The van der Waals surface area contributed by atoms with E-state index in [9.17, 15) is 4.79 Å². The summed E-state index contributed by atoms with van der Waals surface area (Å²) in [6, 6.07) is 0. The normalized spacial score (nSPS) is 9.62. The summed E-state index contributed by atoms with van der Waals surface area (Å²) >= 11 is 0. The summed E-state index contributed by atoms with van der Waals surface area (Å²) in [7, 11) is 0. The Bertz CT molecular complexity index is 216. The smallest absolute Gasteiger partial charge is 0.333 e. The van der Waals surface area contributed by atoms with Crippen LogP contribution in [0.5, 0.6) is 0 Å². The van der Waals surface area contributed by atoms with Gasteiger partial charge in [-0.1, -0.05) is 19.2 Å². The Hall–Kier alpha value is -1.51. The maximum absolute atomic E-state index is 10.8. The Morgan fingerprint density at radius 3 is 2.69 bits per heavy atom. The van der Waals surface area contributed by atoms with Crippen LogP contribution in [-0.2, 0) is 14.3 Å². The quantitative estimate of drug-likeness (QED) is 0.207. The highest BCUT2D eigenvalue weighted by atomic mass is 16.5. The number of ether oxygens (including phenoxy) is 2. The summed E-state index contributed by atoms with van der Waals surface area (Å²) in [5.74, 6) is -0.395. The molecule has 0 aromatic rings. The molecule has 3 heteroatoms. The van der Waals surface area contributed by atoms with Gasteiger partial charge >= 0.3 is 5.97 Å². The number of hydrogen-bond donors (Lipinski definition) is 0. The first-order chi connectivity index (χ1) is 6.18. The van der Waals surface area contributed by atoms with Gasteiger partial charge in [0.15, 0.2) is 0 Å². The van der Waals surface area contributed by atoms with Gasteiger partial charge in [0, 0.05) is 5.57 Å². The van der Waals surface area contributed by atoms with Crippen LogP contribution in [0.25, 0.3) is 0 Å². The Morgan fingerprint density at radius 1 is 1.46 bits per heavy atom. The Morgan fingerprint density at radius 2 is 2.15 bits per heavy atom. The van der Waals surface area contributed by atoms with Crippen molar-refractivity contribution in [3.63, 3.8) is 0 Å². The van der Waals surface area contributed by atoms with E-state index in [0.717, 1.165) is 0 Å². The minimum atomic E-state index is -0.395. The molecule has 0 aliphatic carbocycles. The summed E-state index contributed by atoms with van der Waals surface area (Å²) < 4.78 is 9.67. The van der Waals surface area contributed by atoms with E-state index >= 15 is 0 Å². The van der Waals surface area contributed by atoms with Crippen molar-refractivity contribution in [1.29, 1.82) is 0 Å². The average molecular weight is 182 g/mol. The van der Waals surface area contributed by atoms with Crippen molar-refractivity contribution in [2.45, 2.75) is 6.92 Å². The zero-order chi connectivity index (χ0) is 10.1. The molecule has 0 aliphatic heterocycles. The van der Waals surface area contributed by atoms with Crippen LogP contribution in [0.2, 0.25) is 0 Å². The second-order valence-corrected chi connectivity index (χ2v) is 2.37. The first-order valence-corrected chi connectivity index (χ1v) is 3.88. The molecule has 3 nitrogen and oxygen atoms in total. The second kappa shape index (κ2) is 7.16. The molecule has 0 unspecified atom stereocenters. The van der Waals surface area contributed by atoms with Crippen LogP contribution in [0.3, 0.4) is 0 Å². The minimum Gasteiger partial charge on any atom is -0.497 e. The van der Waals surface area contributed by atoms with Crippen LogP contribution in [0.4, 0.5) is 0 Å². The molecule has 0 amide bonds. The molecule has 0 bridgehead atoms. The summed E-state index contributed by atoms with van der Waals surface area (Å²) in [5, 5.41) is 0. The lowest BCUT2D eigenvalue weighted by molar-refractivity contribution is -0.137.